The Morgan fingerprint density at radius 3 is 2.23 bits per heavy atom. The Kier molecular flexibility index (Phi) is 13.4. The van der Waals surface area contributed by atoms with Crippen LogP contribution in [0.1, 0.15) is 27.9 Å². The molecule has 0 saturated carbocycles. The van der Waals surface area contributed by atoms with E-state index < -0.39 is 23.8 Å². The molecule has 2 heterocycles. The van der Waals surface area contributed by atoms with Gasteiger partial charge in [-0.1, -0.05) is 60.7 Å². The predicted octanol–water partition coefficient (Wildman–Crippen LogP) is 6.31. The first-order valence-electron chi connectivity index (χ1n) is 17.1. The van der Waals surface area contributed by atoms with E-state index in [2.05, 4.69) is 15.2 Å². The molecular formula is C40H44F3N5O4. The molecule has 2 amide bonds. The molecular weight excluding hydrogens is 671 g/mol. The molecule has 0 unspecified atom stereocenters. The number of carbonyl (C=O) groups is 2. The SMILES string of the molecule is COCCNc1ccc(CN(C)C(=O)[C@H](Cc2ccccc2)N(Cc2ccc(N3CCOCC3)cc2)C(=O)/C=C/c2ccc(C(F)(F)F)nc2)cc1. The average Bonchev–Trinajstić information content (AvgIpc) is 3.16. The highest BCUT2D eigenvalue weighted by molar-refractivity contribution is 5.95. The largest absolute Gasteiger partial charge is 0.433 e. The lowest BCUT2D eigenvalue weighted by Crippen LogP contribution is -2.50. The van der Waals surface area contributed by atoms with Crippen LogP contribution in [0, 0.1) is 0 Å². The van der Waals surface area contributed by atoms with Crippen molar-refractivity contribution in [2.45, 2.75) is 31.7 Å². The van der Waals surface area contributed by atoms with E-state index in [1.165, 1.54) is 23.1 Å². The van der Waals surface area contributed by atoms with Gasteiger partial charge in [-0.05, 0) is 58.7 Å². The van der Waals surface area contributed by atoms with Crippen molar-refractivity contribution < 1.29 is 32.2 Å². The van der Waals surface area contributed by atoms with Gasteiger partial charge in [0.05, 0.1) is 19.8 Å². The van der Waals surface area contributed by atoms with E-state index in [-0.39, 0.29) is 18.9 Å². The third-order valence-electron chi connectivity index (χ3n) is 8.76. The van der Waals surface area contributed by atoms with Crippen molar-refractivity contribution in [1.82, 2.24) is 14.8 Å². The normalized spacial score (nSPS) is 13.9. The van der Waals surface area contributed by atoms with Crippen molar-refractivity contribution in [2.24, 2.45) is 0 Å². The number of hydrogen-bond acceptors (Lipinski definition) is 7. The number of alkyl halides is 3. The molecule has 4 aromatic rings. The minimum atomic E-state index is -4.58. The molecule has 1 aromatic heterocycles. The summed E-state index contributed by atoms with van der Waals surface area (Å²) in [5.74, 6) is -0.722. The summed E-state index contributed by atoms with van der Waals surface area (Å²) in [5, 5.41) is 3.28. The summed E-state index contributed by atoms with van der Waals surface area (Å²) in [7, 11) is 3.36. The summed E-state index contributed by atoms with van der Waals surface area (Å²) in [6.45, 7) is 4.53. The second-order valence-corrected chi connectivity index (χ2v) is 12.6. The first-order valence-corrected chi connectivity index (χ1v) is 17.1. The lowest BCUT2D eigenvalue weighted by molar-refractivity contribution is -0.143. The maximum absolute atomic E-state index is 14.4. The Balaban J connectivity index is 1.43. The van der Waals surface area contributed by atoms with Gasteiger partial charge in [0, 0.05) is 76.9 Å². The van der Waals surface area contributed by atoms with Gasteiger partial charge >= 0.3 is 6.18 Å². The zero-order valence-corrected chi connectivity index (χ0v) is 29.4. The highest BCUT2D eigenvalue weighted by atomic mass is 19.4. The second kappa shape index (κ2) is 18.3. The fraction of sp³-hybridized carbons (Fsp3) is 0.325. The van der Waals surface area contributed by atoms with Gasteiger partial charge in [-0.3, -0.25) is 14.6 Å². The molecule has 0 radical (unpaired) electrons. The van der Waals surface area contributed by atoms with E-state index in [0.717, 1.165) is 53.4 Å². The van der Waals surface area contributed by atoms with Crippen LogP contribution < -0.4 is 10.2 Å². The molecule has 0 bridgehead atoms. The minimum absolute atomic E-state index is 0.122. The summed E-state index contributed by atoms with van der Waals surface area (Å²) < 4.78 is 49.9. The molecule has 1 atom stereocenters. The Morgan fingerprint density at radius 2 is 1.60 bits per heavy atom. The van der Waals surface area contributed by atoms with Crippen LogP contribution in [0.15, 0.2) is 103 Å². The van der Waals surface area contributed by atoms with Crippen LogP contribution in [0.3, 0.4) is 0 Å². The zero-order valence-electron chi connectivity index (χ0n) is 29.4. The maximum Gasteiger partial charge on any atom is 0.433 e. The third-order valence-corrected chi connectivity index (χ3v) is 8.76. The summed E-state index contributed by atoms with van der Waals surface area (Å²) in [6.07, 6.45) is -0.557. The number of nitrogens with zero attached hydrogens (tertiary/aromatic N) is 4. The number of morpholine rings is 1. The van der Waals surface area contributed by atoms with Crippen molar-refractivity contribution in [3.8, 4) is 0 Å². The third kappa shape index (κ3) is 10.9. The van der Waals surface area contributed by atoms with Gasteiger partial charge in [0.15, 0.2) is 0 Å². The summed E-state index contributed by atoms with van der Waals surface area (Å²) in [6, 6.07) is 26.4. The highest BCUT2D eigenvalue weighted by Crippen LogP contribution is 2.27. The van der Waals surface area contributed by atoms with Crippen LogP contribution in [0.25, 0.3) is 6.08 Å². The van der Waals surface area contributed by atoms with Crippen LogP contribution in [0.4, 0.5) is 24.5 Å². The smallest absolute Gasteiger partial charge is 0.383 e. The molecule has 9 nitrogen and oxygen atoms in total. The number of likely N-dealkylation sites (N-methyl/N-ethyl adjacent to an activating group) is 1. The van der Waals surface area contributed by atoms with Crippen LogP contribution in [0.2, 0.25) is 0 Å². The molecule has 1 N–H and O–H groups in total. The monoisotopic (exact) mass is 715 g/mol. The van der Waals surface area contributed by atoms with Gasteiger partial charge in [-0.15, -0.1) is 0 Å². The van der Waals surface area contributed by atoms with Gasteiger partial charge in [0.2, 0.25) is 11.8 Å². The van der Waals surface area contributed by atoms with E-state index >= 15 is 0 Å². The Bertz CT molecular complexity index is 1750. The molecule has 3 aromatic carbocycles. The van der Waals surface area contributed by atoms with Gasteiger partial charge in [0.1, 0.15) is 11.7 Å². The van der Waals surface area contributed by atoms with Gasteiger partial charge in [-0.2, -0.15) is 13.2 Å². The standard InChI is InChI=1S/C40H44F3N5O4/c1-46(28-32-8-14-34(15-9-32)44-20-23-51-2)39(50)36(26-30-6-4-3-5-7-30)48(29-33-10-16-35(17-11-33)47-21-24-52-25-22-47)38(49)19-13-31-12-18-37(45-27-31)40(41,42)43/h3-19,27,36,44H,20-26,28-29H2,1-2H3/b19-13+/t36-/m0/s1. The molecule has 12 heteroatoms. The lowest BCUT2D eigenvalue weighted by atomic mass is 10.0. The van der Waals surface area contributed by atoms with E-state index in [0.29, 0.717) is 38.5 Å². The molecule has 274 valence electrons. The van der Waals surface area contributed by atoms with Gasteiger partial charge in [-0.25, -0.2) is 0 Å². The van der Waals surface area contributed by atoms with Crippen molar-refractivity contribution >= 4 is 29.3 Å². The molecule has 5 rings (SSSR count). The number of carbonyl (C=O) groups excluding carboxylic acids is 2. The number of anilines is 2. The topological polar surface area (TPSA) is 87.2 Å². The molecule has 1 aliphatic rings. The summed E-state index contributed by atoms with van der Waals surface area (Å²) in [5.41, 5.74) is 3.88. The second-order valence-electron chi connectivity index (χ2n) is 12.6. The highest BCUT2D eigenvalue weighted by Gasteiger charge is 2.33. The van der Waals surface area contributed by atoms with Crippen LogP contribution >= 0.6 is 0 Å². The van der Waals surface area contributed by atoms with E-state index in [4.69, 9.17) is 9.47 Å². The quantitative estimate of drug-likeness (QED) is 0.114. The molecule has 52 heavy (non-hydrogen) atoms. The van der Waals surface area contributed by atoms with Crippen LogP contribution in [-0.2, 0) is 44.7 Å². The number of methoxy groups -OCH3 is 1. The number of aromatic nitrogens is 1. The number of halogens is 3. The predicted molar refractivity (Wildman–Crippen MR) is 196 cm³/mol. The number of nitrogens with one attached hydrogen (secondary N) is 1. The Labute approximate surface area is 302 Å². The number of rotatable bonds is 15. The van der Waals surface area contributed by atoms with Gasteiger partial charge in [0.25, 0.3) is 0 Å². The molecule has 0 spiro atoms. The van der Waals surface area contributed by atoms with E-state index in [1.54, 1.807) is 19.1 Å². The van der Waals surface area contributed by atoms with Crippen molar-refractivity contribution in [1.29, 1.82) is 0 Å². The zero-order chi connectivity index (χ0) is 36.9. The Hall–Kier alpha value is -5.20. The molecule has 0 aliphatic carbocycles. The lowest BCUT2D eigenvalue weighted by Gasteiger charge is -2.34. The summed E-state index contributed by atoms with van der Waals surface area (Å²) in [4.78, 5) is 37.5. The first kappa shape index (κ1) is 38.0. The minimum Gasteiger partial charge on any atom is -0.383 e. The van der Waals surface area contributed by atoms with Crippen LogP contribution in [-0.4, -0.2) is 86.3 Å². The number of pyridine rings is 1. The maximum atomic E-state index is 14.4. The number of benzene rings is 3. The average molecular weight is 716 g/mol. The fourth-order valence-electron chi connectivity index (χ4n) is 5.91. The van der Waals surface area contributed by atoms with Crippen molar-refractivity contribution in [3.05, 3.63) is 131 Å². The van der Waals surface area contributed by atoms with Gasteiger partial charge < -0.3 is 29.5 Å². The van der Waals surface area contributed by atoms with Crippen molar-refractivity contribution in [3.63, 3.8) is 0 Å². The van der Waals surface area contributed by atoms with E-state index in [9.17, 15) is 22.8 Å². The fourth-order valence-corrected chi connectivity index (χ4v) is 5.91. The van der Waals surface area contributed by atoms with Crippen molar-refractivity contribution in [2.75, 3.05) is 63.8 Å². The molecule has 1 saturated heterocycles. The first-order chi connectivity index (χ1) is 25.1. The summed E-state index contributed by atoms with van der Waals surface area (Å²) >= 11 is 0. The molecule has 1 aliphatic heterocycles. The number of hydrogen-bond donors (Lipinski definition) is 1. The van der Waals surface area contributed by atoms with Crippen LogP contribution in [0.5, 0.6) is 0 Å². The van der Waals surface area contributed by atoms with E-state index in [1.807, 2.05) is 78.9 Å². The Morgan fingerprint density at radius 1 is 0.923 bits per heavy atom. The number of amides is 2. The number of ether oxygens (including phenoxy) is 2. The molecule has 1 fully saturated rings.